The molecule has 1 heterocycles. The van der Waals surface area contributed by atoms with Crippen molar-refractivity contribution in [3.63, 3.8) is 0 Å². The second-order valence-electron chi connectivity index (χ2n) is 3.95. The first-order valence-corrected chi connectivity index (χ1v) is 5.86. The average molecular weight is 251 g/mol. The number of nitrogens with one attached hydrogen (secondary N) is 1. The molecule has 90 valence electrons. The molecule has 0 fully saturated rings. The Morgan fingerprint density at radius 1 is 1.35 bits per heavy atom. The van der Waals surface area contributed by atoms with Crippen LogP contribution in [-0.2, 0) is 13.6 Å². The Labute approximate surface area is 106 Å². The summed E-state index contributed by atoms with van der Waals surface area (Å²) in [5.41, 5.74) is 1.21. The minimum atomic E-state index is 0.254. The van der Waals surface area contributed by atoms with E-state index in [9.17, 15) is 0 Å². The van der Waals surface area contributed by atoms with Crippen molar-refractivity contribution in [3.05, 3.63) is 47.0 Å². The molecule has 1 atom stereocenters. The molecular weight excluding hydrogens is 236 g/mol. The monoisotopic (exact) mass is 250 g/mol. The fraction of sp³-hybridized carbons (Fsp3) is 0.333. The van der Waals surface area contributed by atoms with E-state index >= 15 is 0 Å². The second-order valence-corrected chi connectivity index (χ2v) is 4.39. The standard InChI is InChI=1S/C12H15ClN4/c1-9(10-3-5-11(13)6-4-10)14-7-12-15-8-16-17(12)2/h3-6,8-9,14H,7H2,1-2H3. The van der Waals surface area contributed by atoms with E-state index in [1.807, 2.05) is 31.3 Å². The van der Waals surface area contributed by atoms with Gasteiger partial charge in [0.2, 0.25) is 0 Å². The van der Waals surface area contributed by atoms with Gasteiger partial charge in [0.25, 0.3) is 0 Å². The van der Waals surface area contributed by atoms with Crippen molar-refractivity contribution < 1.29 is 0 Å². The molecule has 0 spiro atoms. The van der Waals surface area contributed by atoms with Crippen LogP contribution in [0, 0.1) is 0 Å². The third-order valence-electron chi connectivity index (χ3n) is 2.74. The molecule has 5 heteroatoms. The highest BCUT2D eigenvalue weighted by Gasteiger charge is 2.06. The Balaban J connectivity index is 1.95. The summed E-state index contributed by atoms with van der Waals surface area (Å²) in [6.07, 6.45) is 1.56. The van der Waals surface area contributed by atoms with Gasteiger partial charge in [-0.15, -0.1) is 0 Å². The van der Waals surface area contributed by atoms with E-state index in [2.05, 4.69) is 22.3 Å². The summed E-state index contributed by atoms with van der Waals surface area (Å²) in [6.45, 7) is 2.81. The Morgan fingerprint density at radius 2 is 2.06 bits per heavy atom. The van der Waals surface area contributed by atoms with Gasteiger partial charge in [-0.1, -0.05) is 23.7 Å². The van der Waals surface area contributed by atoms with E-state index in [0.717, 1.165) is 10.8 Å². The predicted molar refractivity (Wildman–Crippen MR) is 67.7 cm³/mol. The number of aromatic nitrogens is 3. The van der Waals surface area contributed by atoms with Gasteiger partial charge in [0.1, 0.15) is 12.2 Å². The van der Waals surface area contributed by atoms with Crippen molar-refractivity contribution in [3.8, 4) is 0 Å². The molecule has 0 amide bonds. The first-order chi connectivity index (χ1) is 8.16. The molecule has 1 aromatic carbocycles. The molecule has 0 aliphatic heterocycles. The van der Waals surface area contributed by atoms with Crippen LogP contribution in [0.5, 0.6) is 0 Å². The van der Waals surface area contributed by atoms with Crippen molar-refractivity contribution in [1.82, 2.24) is 20.1 Å². The van der Waals surface area contributed by atoms with Crippen LogP contribution in [0.15, 0.2) is 30.6 Å². The van der Waals surface area contributed by atoms with E-state index in [4.69, 9.17) is 11.6 Å². The molecular formula is C12H15ClN4. The van der Waals surface area contributed by atoms with E-state index in [0.29, 0.717) is 6.54 Å². The van der Waals surface area contributed by atoms with Crippen molar-refractivity contribution >= 4 is 11.6 Å². The van der Waals surface area contributed by atoms with Gasteiger partial charge >= 0.3 is 0 Å². The fourth-order valence-electron chi connectivity index (χ4n) is 1.59. The van der Waals surface area contributed by atoms with E-state index in [1.54, 1.807) is 11.0 Å². The van der Waals surface area contributed by atoms with Crippen LogP contribution in [0.25, 0.3) is 0 Å². The third kappa shape index (κ3) is 3.05. The molecule has 0 saturated heterocycles. The van der Waals surface area contributed by atoms with Crippen molar-refractivity contribution in [1.29, 1.82) is 0 Å². The lowest BCUT2D eigenvalue weighted by molar-refractivity contribution is 0.540. The summed E-state index contributed by atoms with van der Waals surface area (Å²) in [6, 6.07) is 8.10. The molecule has 2 rings (SSSR count). The number of nitrogens with zero attached hydrogens (tertiary/aromatic N) is 3. The van der Waals surface area contributed by atoms with Crippen molar-refractivity contribution in [2.45, 2.75) is 19.5 Å². The van der Waals surface area contributed by atoms with Crippen molar-refractivity contribution in [2.75, 3.05) is 0 Å². The first-order valence-electron chi connectivity index (χ1n) is 5.48. The van der Waals surface area contributed by atoms with Crippen LogP contribution in [-0.4, -0.2) is 14.8 Å². The maximum atomic E-state index is 5.85. The summed E-state index contributed by atoms with van der Waals surface area (Å²) >= 11 is 5.85. The molecule has 0 bridgehead atoms. The lowest BCUT2D eigenvalue weighted by Gasteiger charge is -2.13. The summed E-state index contributed by atoms with van der Waals surface area (Å²) in [5, 5.41) is 8.18. The maximum absolute atomic E-state index is 5.85. The molecule has 1 unspecified atom stereocenters. The van der Waals surface area contributed by atoms with Gasteiger partial charge in [-0.05, 0) is 24.6 Å². The normalized spacial score (nSPS) is 12.6. The molecule has 0 saturated carbocycles. The average Bonchev–Trinajstić information content (AvgIpc) is 2.73. The van der Waals surface area contributed by atoms with Crippen LogP contribution < -0.4 is 5.32 Å². The SMILES string of the molecule is CC(NCc1ncnn1C)c1ccc(Cl)cc1. The number of rotatable bonds is 4. The number of hydrogen-bond donors (Lipinski definition) is 1. The molecule has 1 aromatic heterocycles. The summed E-state index contributed by atoms with van der Waals surface area (Å²) in [5.74, 6) is 0.922. The molecule has 0 radical (unpaired) electrons. The fourth-order valence-corrected chi connectivity index (χ4v) is 1.72. The van der Waals surface area contributed by atoms with Crippen LogP contribution in [0.1, 0.15) is 24.4 Å². The quantitative estimate of drug-likeness (QED) is 0.906. The minimum absolute atomic E-state index is 0.254. The van der Waals surface area contributed by atoms with Gasteiger partial charge in [0, 0.05) is 18.1 Å². The molecule has 4 nitrogen and oxygen atoms in total. The molecule has 17 heavy (non-hydrogen) atoms. The Hall–Kier alpha value is -1.39. The van der Waals surface area contributed by atoms with Gasteiger partial charge in [-0.3, -0.25) is 4.68 Å². The van der Waals surface area contributed by atoms with Crippen LogP contribution in [0.2, 0.25) is 5.02 Å². The zero-order valence-electron chi connectivity index (χ0n) is 9.89. The summed E-state index contributed by atoms with van der Waals surface area (Å²) < 4.78 is 1.77. The zero-order valence-corrected chi connectivity index (χ0v) is 10.6. The third-order valence-corrected chi connectivity index (χ3v) is 2.99. The minimum Gasteiger partial charge on any atom is -0.303 e. The van der Waals surface area contributed by atoms with E-state index < -0.39 is 0 Å². The molecule has 2 aromatic rings. The Morgan fingerprint density at radius 3 is 2.65 bits per heavy atom. The number of aryl methyl sites for hydroxylation is 1. The highest BCUT2D eigenvalue weighted by Crippen LogP contribution is 2.16. The highest BCUT2D eigenvalue weighted by atomic mass is 35.5. The Bertz CT molecular complexity index is 478. The topological polar surface area (TPSA) is 42.7 Å². The summed E-state index contributed by atoms with van der Waals surface area (Å²) in [4.78, 5) is 4.16. The van der Waals surface area contributed by atoms with Crippen molar-refractivity contribution in [2.24, 2.45) is 7.05 Å². The van der Waals surface area contributed by atoms with Gasteiger partial charge in [-0.2, -0.15) is 5.10 Å². The molecule has 0 aliphatic carbocycles. The number of benzene rings is 1. The predicted octanol–water partition coefficient (Wildman–Crippen LogP) is 2.32. The van der Waals surface area contributed by atoms with Crippen LogP contribution in [0.4, 0.5) is 0 Å². The van der Waals surface area contributed by atoms with E-state index in [1.165, 1.54) is 5.56 Å². The second kappa shape index (κ2) is 5.29. The number of hydrogen-bond acceptors (Lipinski definition) is 3. The largest absolute Gasteiger partial charge is 0.303 e. The van der Waals surface area contributed by atoms with Crippen LogP contribution in [0.3, 0.4) is 0 Å². The van der Waals surface area contributed by atoms with Gasteiger partial charge in [-0.25, -0.2) is 4.98 Å². The molecule has 1 N–H and O–H groups in total. The zero-order chi connectivity index (χ0) is 12.3. The van der Waals surface area contributed by atoms with E-state index in [-0.39, 0.29) is 6.04 Å². The highest BCUT2D eigenvalue weighted by molar-refractivity contribution is 6.30. The molecule has 0 aliphatic rings. The summed E-state index contributed by atoms with van der Waals surface area (Å²) in [7, 11) is 1.89. The smallest absolute Gasteiger partial charge is 0.140 e. The van der Waals surface area contributed by atoms with Crippen LogP contribution >= 0.6 is 11.6 Å². The van der Waals surface area contributed by atoms with Gasteiger partial charge < -0.3 is 5.32 Å². The lowest BCUT2D eigenvalue weighted by atomic mass is 10.1. The number of halogens is 1. The Kier molecular flexibility index (Phi) is 3.76. The maximum Gasteiger partial charge on any atom is 0.140 e. The lowest BCUT2D eigenvalue weighted by Crippen LogP contribution is -2.20. The van der Waals surface area contributed by atoms with Gasteiger partial charge in [0.15, 0.2) is 0 Å². The first kappa shape index (κ1) is 12.1. The van der Waals surface area contributed by atoms with Gasteiger partial charge in [0.05, 0.1) is 6.54 Å².